The molecule has 0 aromatic carbocycles. The Kier molecular flexibility index (Phi) is 3.97. The molecule has 20 heavy (non-hydrogen) atoms. The predicted octanol–water partition coefficient (Wildman–Crippen LogP) is 1.99. The highest BCUT2D eigenvalue weighted by molar-refractivity contribution is 5.98. The van der Waals surface area contributed by atoms with E-state index in [1.165, 1.54) is 6.92 Å². The molecule has 1 spiro atoms. The highest BCUT2D eigenvalue weighted by Crippen LogP contribution is 2.34. The summed E-state index contributed by atoms with van der Waals surface area (Å²) in [6.45, 7) is 1.07. The minimum atomic E-state index is -4.34. The summed E-state index contributed by atoms with van der Waals surface area (Å²) in [6.07, 6.45) is -1.76. The van der Waals surface area contributed by atoms with Gasteiger partial charge >= 0.3 is 6.18 Å². The standard InChI is InChI=1S/C13H19F3N2O2/c1-9(7-13(14,15)16)18-8-10(19)17-12(11(18)20)5-3-2-4-6-12/h9H,2-8H2,1H3,(H,17,19). The molecule has 7 heteroatoms. The first-order chi connectivity index (χ1) is 9.23. The van der Waals surface area contributed by atoms with E-state index in [-0.39, 0.29) is 18.4 Å². The minimum absolute atomic E-state index is 0.280. The first kappa shape index (κ1) is 15.1. The third-order valence-electron chi connectivity index (χ3n) is 4.13. The first-order valence-electron chi connectivity index (χ1n) is 6.92. The third kappa shape index (κ3) is 3.07. The van der Waals surface area contributed by atoms with Gasteiger partial charge in [-0.15, -0.1) is 0 Å². The second-order valence-corrected chi connectivity index (χ2v) is 5.79. The molecule has 1 N–H and O–H groups in total. The molecule has 0 aromatic rings. The number of amides is 2. The molecular weight excluding hydrogens is 273 g/mol. The van der Waals surface area contributed by atoms with E-state index < -0.39 is 24.2 Å². The lowest BCUT2D eigenvalue weighted by Gasteiger charge is -2.46. The third-order valence-corrected chi connectivity index (χ3v) is 4.13. The van der Waals surface area contributed by atoms with Gasteiger partial charge in [-0.05, 0) is 19.8 Å². The average molecular weight is 292 g/mol. The van der Waals surface area contributed by atoms with Gasteiger partial charge in [-0.25, -0.2) is 0 Å². The van der Waals surface area contributed by atoms with Crippen molar-refractivity contribution in [3.8, 4) is 0 Å². The van der Waals surface area contributed by atoms with Crippen molar-refractivity contribution in [3.63, 3.8) is 0 Å². The molecule has 2 fully saturated rings. The molecule has 4 nitrogen and oxygen atoms in total. The number of nitrogens with zero attached hydrogens (tertiary/aromatic N) is 1. The number of carbonyl (C=O) groups is 2. The Morgan fingerprint density at radius 1 is 1.25 bits per heavy atom. The van der Waals surface area contributed by atoms with Gasteiger partial charge in [0.2, 0.25) is 11.8 Å². The zero-order valence-electron chi connectivity index (χ0n) is 11.4. The molecule has 1 unspecified atom stereocenters. The highest BCUT2D eigenvalue weighted by Gasteiger charge is 2.49. The number of piperazine rings is 1. The van der Waals surface area contributed by atoms with E-state index in [0.717, 1.165) is 24.2 Å². The molecule has 2 amide bonds. The fourth-order valence-corrected chi connectivity index (χ4v) is 3.16. The molecule has 1 atom stereocenters. The van der Waals surface area contributed by atoms with E-state index in [1.54, 1.807) is 0 Å². The summed E-state index contributed by atoms with van der Waals surface area (Å²) in [5.41, 5.74) is -0.965. The fourth-order valence-electron chi connectivity index (χ4n) is 3.16. The lowest BCUT2D eigenvalue weighted by Crippen LogP contribution is -2.68. The van der Waals surface area contributed by atoms with E-state index in [0.29, 0.717) is 12.8 Å². The van der Waals surface area contributed by atoms with Crippen LogP contribution in [0.5, 0.6) is 0 Å². The Morgan fingerprint density at radius 2 is 1.85 bits per heavy atom. The van der Waals surface area contributed by atoms with Crippen LogP contribution in [0.15, 0.2) is 0 Å². The normalized spacial score (nSPS) is 24.7. The zero-order valence-corrected chi connectivity index (χ0v) is 11.4. The maximum absolute atomic E-state index is 12.5. The van der Waals surface area contributed by atoms with E-state index in [1.807, 2.05) is 0 Å². The molecule has 114 valence electrons. The molecule has 1 heterocycles. The zero-order chi connectivity index (χ0) is 15.0. The topological polar surface area (TPSA) is 49.4 Å². The summed E-state index contributed by atoms with van der Waals surface area (Å²) in [4.78, 5) is 25.4. The quantitative estimate of drug-likeness (QED) is 0.846. The molecule has 1 aliphatic heterocycles. The lowest BCUT2D eigenvalue weighted by atomic mass is 9.79. The van der Waals surface area contributed by atoms with Gasteiger partial charge in [0.1, 0.15) is 5.54 Å². The molecule has 1 saturated carbocycles. The summed E-state index contributed by atoms with van der Waals surface area (Å²) in [7, 11) is 0. The minimum Gasteiger partial charge on any atom is -0.340 e. The summed E-state index contributed by atoms with van der Waals surface area (Å²) in [6, 6.07) is -1.01. The molecule has 0 radical (unpaired) electrons. The van der Waals surface area contributed by atoms with Crippen LogP contribution in [0.3, 0.4) is 0 Å². The van der Waals surface area contributed by atoms with Gasteiger partial charge in [-0.1, -0.05) is 19.3 Å². The van der Waals surface area contributed by atoms with Crippen molar-refractivity contribution in [2.45, 2.75) is 63.2 Å². The lowest BCUT2D eigenvalue weighted by molar-refractivity contribution is -0.165. The van der Waals surface area contributed by atoms with Crippen LogP contribution in [-0.2, 0) is 9.59 Å². The number of nitrogens with one attached hydrogen (secondary N) is 1. The van der Waals surface area contributed by atoms with Gasteiger partial charge in [0.25, 0.3) is 0 Å². The van der Waals surface area contributed by atoms with Crippen LogP contribution in [0.4, 0.5) is 13.2 Å². The van der Waals surface area contributed by atoms with Crippen LogP contribution in [0.25, 0.3) is 0 Å². The highest BCUT2D eigenvalue weighted by atomic mass is 19.4. The number of rotatable bonds is 2. The van der Waals surface area contributed by atoms with Gasteiger partial charge in [0.15, 0.2) is 0 Å². The molecule has 0 bridgehead atoms. The summed E-state index contributed by atoms with van der Waals surface area (Å²) in [5, 5.41) is 2.72. The fraction of sp³-hybridized carbons (Fsp3) is 0.846. The number of carbonyl (C=O) groups excluding carboxylic acids is 2. The van der Waals surface area contributed by atoms with Crippen LogP contribution >= 0.6 is 0 Å². The Balaban J connectivity index is 2.16. The molecule has 1 saturated heterocycles. The van der Waals surface area contributed by atoms with Crippen LogP contribution in [0, 0.1) is 0 Å². The second-order valence-electron chi connectivity index (χ2n) is 5.79. The Hall–Kier alpha value is -1.27. The van der Waals surface area contributed by atoms with E-state index in [2.05, 4.69) is 5.32 Å². The largest absolute Gasteiger partial charge is 0.391 e. The average Bonchev–Trinajstić information content (AvgIpc) is 2.32. The molecular formula is C13H19F3N2O2. The van der Waals surface area contributed by atoms with Crippen molar-refractivity contribution in [1.29, 1.82) is 0 Å². The van der Waals surface area contributed by atoms with Gasteiger partial charge in [-0.3, -0.25) is 9.59 Å². The summed E-state index contributed by atoms with van der Waals surface area (Å²) < 4.78 is 37.4. The van der Waals surface area contributed by atoms with Crippen molar-refractivity contribution in [1.82, 2.24) is 10.2 Å². The van der Waals surface area contributed by atoms with Crippen molar-refractivity contribution in [2.24, 2.45) is 0 Å². The molecule has 2 rings (SSSR count). The summed E-state index contributed by atoms with van der Waals surface area (Å²) in [5.74, 6) is -0.714. The summed E-state index contributed by atoms with van der Waals surface area (Å²) >= 11 is 0. The molecule has 0 aromatic heterocycles. The van der Waals surface area contributed by atoms with Crippen LogP contribution in [0.1, 0.15) is 45.4 Å². The monoisotopic (exact) mass is 292 g/mol. The smallest absolute Gasteiger partial charge is 0.340 e. The van der Waals surface area contributed by atoms with Crippen LogP contribution < -0.4 is 5.32 Å². The molecule has 2 aliphatic rings. The Bertz CT molecular complexity index is 403. The first-order valence-corrected chi connectivity index (χ1v) is 6.92. The second kappa shape index (κ2) is 5.26. The maximum Gasteiger partial charge on any atom is 0.391 e. The van der Waals surface area contributed by atoms with Crippen LogP contribution in [0.2, 0.25) is 0 Å². The van der Waals surface area contributed by atoms with Crippen molar-refractivity contribution in [2.75, 3.05) is 6.54 Å². The maximum atomic E-state index is 12.5. The Morgan fingerprint density at radius 3 is 2.40 bits per heavy atom. The van der Waals surface area contributed by atoms with Gasteiger partial charge in [0.05, 0.1) is 13.0 Å². The van der Waals surface area contributed by atoms with E-state index in [9.17, 15) is 22.8 Å². The number of hydrogen-bond donors (Lipinski definition) is 1. The van der Waals surface area contributed by atoms with Crippen molar-refractivity contribution >= 4 is 11.8 Å². The Labute approximate surface area is 115 Å². The number of alkyl halides is 3. The van der Waals surface area contributed by atoms with Gasteiger partial charge in [0, 0.05) is 6.04 Å². The van der Waals surface area contributed by atoms with E-state index >= 15 is 0 Å². The predicted molar refractivity (Wildman–Crippen MR) is 65.8 cm³/mol. The van der Waals surface area contributed by atoms with Gasteiger partial charge in [-0.2, -0.15) is 13.2 Å². The number of hydrogen-bond acceptors (Lipinski definition) is 2. The van der Waals surface area contributed by atoms with E-state index in [4.69, 9.17) is 0 Å². The van der Waals surface area contributed by atoms with Gasteiger partial charge < -0.3 is 10.2 Å². The number of halogens is 3. The molecule has 1 aliphatic carbocycles. The van der Waals surface area contributed by atoms with Crippen molar-refractivity contribution in [3.05, 3.63) is 0 Å². The van der Waals surface area contributed by atoms with Crippen LogP contribution in [-0.4, -0.2) is 41.0 Å². The van der Waals surface area contributed by atoms with Crippen molar-refractivity contribution < 1.29 is 22.8 Å². The SMILES string of the molecule is CC(CC(F)(F)F)N1CC(=O)NC2(CCCCC2)C1=O.